The Labute approximate surface area is 176 Å². The fourth-order valence-electron chi connectivity index (χ4n) is 3.42. The molecule has 7 heteroatoms. The van der Waals surface area contributed by atoms with E-state index >= 15 is 0 Å². The Kier molecular flexibility index (Phi) is 8.33. The zero-order valence-corrected chi connectivity index (χ0v) is 17.2. The van der Waals surface area contributed by atoms with E-state index in [4.69, 9.17) is 4.74 Å². The average Bonchev–Trinajstić information content (AvgIpc) is 2.71. The number of fused-ring (bicyclic) bond motifs is 1. The normalized spacial score (nSPS) is 14.1. The van der Waals surface area contributed by atoms with Crippen molar-refractivity contribution in [3.05, 3.63) is 65.0 Å². The molecular weight excluding hydrogens is 397 g/mol. The van der Waals surface area contributed by atoms with E-state index < -0.39 is 0 Å². The van der Waals surface area contributed by atoms with Crippen molar-refractivity contribution in [1.29, 1.82) is 0 Å². The summed E-state index contributed by atoms with van der Waals surface area (Å²) in [7, 11) is 0. The van der Waals surface area contributed by atoms with Crippen LogP contribution >= 0.6 is 24.8 Å². The molecule has 3 aromatic rings. The highest BCUT2D eigenvalue weighted by Gasteiger charge is 2.15. The molecule has 2 N–H and O–H groups in total. The Hall–Kier alpha value is -2.05. The van der Waals surface area contributed by atoms with Crippen LogP contribution < -0.4 is 15.6 Å². The number of aromatic nitrogens is 1. The van der Waals surface area contributed by atoms with Crippen LogP contribution in [0.3, 0.4) is 0 Å². The van der Waals surface area contributed by atoms with Gasteiger partial charge in [0, 0.05) is 43.7 Å². The van der Waals surface area contributed by atoms with Gasteiger partial charge in [-0.15, -0.1) is 24.8 Å². The van der Waals surface area contributed by atoms with E-state index in [2.05, 4.69) is 15.2 Å². The number of nitrogens with one attached hydrogen (secondary N) is 2. The van der Waals surface area contributed by atoms with Crippen LogP contribution in [0.1, 0.15) is 0 Å². The summed E-state index contributed by atoms with van der Waals surface area (Å²) in [6, 6.07) is 17.5. The fourth-order valence-corrected chi connectivity index (χ4v) is 3.42. The van der Waals surface area contributed by atoms with E-state index in [0.717, 1.165) is 55.1 Å². The second-order valence-corrected chi connectivity index (χ2v) is 6.51. The minimum atomic E-state index is -0.0890. The van der Waals surface area contributed by atoms with Crippen molar-refractivity contribution in [2.75, 3.05) is 39.3 Å². The highest BCUT2D eigenvalue weighted by Crippen LogP contribution is 2.33. The summed E-state index contributed by atoms with van der Waals surface area (Å²) in [6.45, 7) is 5.61. The van der Waals surface area contributed by atoms with Gasteiger partial charge < -0.3 is 15.0 Å². The quantitative estimate of drug-likeness (QED) is 0.663. The summed E-state index contributed by atoms with van der Waals surface area (Å²) in [4.78, 5) is 17.9. The van der Waals surface area contributed by atoms with E-state index in [0.29, 0.717) is 12.0 Å². The summed E-state index contributed by atoms with van der Waals surface area (Å²) in [5, 5.41) is 4.88. The number of H-pyrrole nitrogens is 1. The monoisotopic (exact) mass is 421 g/mol. The van der Waals surface area contributed by atoms with Gasteiger partial charge in [0.1, 0.15) is 6.61 Å². The largest absolute Gasteiger partial charge is 0.489 e. The first kappa shape index (κ1) is 22.2. The number of rotatable bonds is 5. The van der Waals surface area contributed by atoms with Crippen LogP contribution in [0.4, 0.5) is 0 Å². The van der Waals surface area contributed by atoms with Gasteiger partial charge in [-0.25, -0.2) is 0 Å². The molecule has 150 valence electrons. The molecule has 1 aromatic heterocycles. The zero-order chi connectivity index (χ0) is 17.8. The fraction of sp³-hybridized carbons (Fsp3) is 0.286. The van der Waals surface area contributed by atoms with Crippen LogP contribution in [0.5, 0.6) is 5.75 Å². The molecule has 5 nitrogen and oxygen atoms in total. The van der Waals surface area contributed by atoms with Crippen molar-refractivity contribution in [2.45, 2.75) is 0 Å². The van der Waals surface area contributed by atoms with Gasteiger partial charge in [0.2, 0.25) is 0 Å². The number of piperazine rings is 1. The molecule has 1 saturated heterocycles. The van der Waals surface area contributed by atoms with E-state index in [1.165, 1.54) is 0 Å². The van der Waals surface area contributed by atoms with Crippen LogP contribution in [-0.4, -0.2) is 49.2 Å². The van der Waals surface area contributed by atoms with Gasteiger partial charge >= 0.3 is 0 Å². The minimum Gasteiger partial charge on any atom is -0.489 e. The number of aromatic amines is 1. The highest BCUT2D eigenvalue weighted by molar-refractivity contribution is 5.92. The Bertz CT molecular complexity index is 941. The first-order chi connectivity index (χ1) is 12.8. The third-order valence-electron chi connectivity index (χ3n) is 4.81. The second kappa shape index (κ2) is 10.5. The maximum atomic E-state index is 12.5. The molecule has 1 aliphatic heterocycles. The zero-order valence-electron chi connectivity index (χ0n) is 15.5. The molecule has 0 spiro atoms. The molecule has 4 rings (SSSR count). The van der Waals surface area contributed by atoms with E-state index in [1.807, 2.05) is 54.6 Å². The molecule has 0 atom stereocenters. The Morgan fingerprint density at radius 1 is 0.893 bits per heavy atom. The Morgan fingerprint density at radius 3 is 2.25 bits per heavy atom. The number of benzene rings is 2. The van der Waals surface area contributed by atoms with Crippen molar-refractivity contribution in [3.8, 4) is 17.0 Å². The van der Waals surface area contributed by atoms with Gasteiger partial charge in [0.25, 0.3) is 5.56 Å². The lowest BCUT2D eigenvalue weighted by molar-refractivity contribution is 0.192. The highest BCUT2D eigenvalue weighted by atomic mass is 35.5. The lowest BCUT2D eigenvalue weighted by atomic mass is 10.1. The number of hydrogen-bond acceptors (Lipinski definition) is 4. The van der Waals surface area contributed by atoms with Crippen molar-refractivity contribution < 1.29 is 4.74 Å². The summed E-state index contributed by atoms with van der Waals surface area (Å²) in [6.07, 6.45) is 0. The third kappa shape index (κ3) is 4.86. The van der Waals surface area contributed by atoms with Crippen LogP contribution in [0.2, 0.25) is 0 Å². The van der Waals surface area contributed by atoms with E-state index in [1.54, 1.807) is 0 Å². The summed E-state index contributed by atoms with van der Waals surface area (Å²) in [5.74, 6) is 0.751. The van der Waals surface area contributed by atoms with Crippen LogP contribution in [0.15, 0.2) is 59.4 Å². The van der Waals surface area contributed by atoms with Gasteiger partial charge in [-0.2, -0.15) is 0 Å². The SMILES string of the molecule is Cl.Cl.O=c1[nH]c(-c2ccccc2)c(OCCN2CCNCC2)c2ccccc12. The molecule has 1 aliphatic rings. The molecule has 2 heterocycles. The molecule has 28 heavy (non-hydrogen) atoms. The molecule has 0 aliphatic carbocycles. The molecular formula is C21H25Cl2N3O2. The number of pyridine rings is 1. The van der Waals surface area contributed by atoms with Crippen molar-refractivity contribution in [3.63, 3.8) is 0 Å². The van der Waals surface area contributed by atoms with Crippen molar-refractivity contribution in [2.24, 2.45) is 0 Å². The molecule has 0 saturated carbocycles. The predicted molar refractivity (Wildman–Crippen MR) is 119 cm³/mol. The number of halogens is 2. The predicted octanol–water partition coefficient (Wildman–Crippen LogP) is 3.32. The molecule has 0 unspecified atom stereocenters. The van der Waals surface area contributed by atoms with Crippen molar-refractivity contribution in [1.82, 2.24) is 15.2 Å². The van der Waals surface area contributed by atoms with E-state index in [9.17, 15) is 4.79 Å². The first-order valence-electron chi connectivity index (χ1n) is 9.09. The summed E-state index contributed by atoms with van der Waals surface area (Å²) >= 11 is 0. The van der Waals surface area contributed by atoms with Gasteiger partial charge in [-0.3, -0.25) is 9.69 Å². The Morgan fingerprint density at radius 2 is 1.54 bits per heavy atom. The maximum Gasteiger partial charge on any atom is 0.256 e. The van der Waals surface area contributed by atoms with Crippen LogP contribution in [-0.2, 0) is 0 Å². The van der Waals surface area contributed by atoms with Gasteiger partial charge in [0.05, 0.1) is 11.1 Å². The lowest BCUT2D eigenvalue weighted by Gasteiger charge is -2.27. The van der Waals surface area contributed by atoms with Crippen LogP contribution in [0.25, 0.3) is 22.0 Å². The second-order valence-electron chi connectivity index (χ2n) is 6.51. The average molecular weight is 422 g/mol. The topological polar surface area (TPSA) is 57.4 Å². The number of ether oxygens (including phenoxy) is 1. The minimum absolute atomic E-state index is 0. The third-order valence-corrected chi connectivity index (χ3v) is 4.81. The van der Waals surface area contributed by atoms with Crippen LogP contribution in [0, 0.1) is 0 Å². The Balaban J connectivity index is 0.00000140. The smallest absolute Gasteiger partial charge is 0.256 e. The van der Waals surface area contributed by atoms with Gasteiger partial charge in [0.15, 0.2) is 5.75 Å². The van der Waals surface area contributed by atoms with Gasteiger partial charge in [-0.05, 0) is 6.07 Å². The summed E-state index contributed by atoms with van der Waals surface area (Å²) in [5.41, 5.74) is 1.61. The molecule has 0 bridgehead atoms. The standard InChI is InChI=1S/C21H23N3O2.2ClH/c25-21-18-9-5-4-8-17(18)20(19(23-21)16-6-2-1-3-7-16)26-15-14-24-12-10-22-11-13-24;;/h1-9,22H,10-15H2,(H,23,25);2*1H. The first-order valence-corrected chi connectivity index (χ1v) is 9.09. The van der Waals surface area contributed by atoms with E-state index in [-0.39, 0.29) is 30.4 Å². The number of nitrogens with zero attached hydrogens (tertiary/aromatic N) is 1. The molecule has 0 amide bonds. The van der Waals surface area contributed by atoms with Gasteiger partial charge in [-0.1, -0.05) is 48.5 Å². The number of hydrogen-bond donors (Lipinski definition) is 2. The maximum absolute atomic E-state index is 12.5. The molecule has 0 radical (unpaired) electrons. The van der Waals surface area contributed by atoms with Crippen molar-refractivity contribution >= 4 is 35.6 Å². The lowest BCUT2D eigenvalue weighted by Crippen LogP contribution is -2.44. The summed E-state index contributed by atoms with van der Waals surface area (Å²) < 4.78 is 6.23. The molecule has 1 fully saturated rings. The molecule has 2 aromatic carbocycles.